The van der Waals surface area contributed by atoms with Gasteiger partial charge in [-0.3, -0.25) is 4.79 Å². The molecule has 92 valence electrons. The van der Waals surface area contributed by atoms with E-state index in [9.17, 15) is 4.79 Å². The molecule has 1 aliphatic rings. The number of likely N-dealkylation sites (N-methyl/N-ethyl adjacent to an activating group) is 1. The minimum absolute atomic E-state index is 0.214. The maximum atomic E-state index is 11.9. The summed E-state index contributed by atoms with van der Waals surface area (Å²) in [6, 6.07) is 6.25. The van der Waals surface area contributed by atoms with Crippen LogP contribution in [0.1, 0.15) is 12.5 Å². The summed E-state index contributed by atoms with van der Waals surface area (Å²) in [6.07, 6.45) is 0. The highest BCUT2D eigenvalue weighted by atomic mass is 79.9. The van der Waals surface area contributed by atoms with Gasteiger partial charge in [0.25, 0.3) is 0 Å². The zero-order valence-electron chi connectivity index (χ0n) is 10.2. The van der Waals surface area contributed by atoms with Gasteiger partial charge < -0.3 is 9.80 Å². The van der Waals surface area contributed by atoms with Crippen molar-refractivity contribution in [1.29, 1.82) is 0 Å². The molecular weight excluding hydrogens is 280 g/mol. The molecule has 17 heavy (non-hydrogen) atoms. The molecule has 0 bridgehead atoms. The number of hydrogen-bond acceptors (Lipinski definition) is 2. The largest absolute Gasteiger partial charge is 0.360 e. The summed E-state index contributed by atoms with van der Waals surface area (Å²) in [6.45, 7) is 7.10. The van der Waals surface area contributed by atoms with Crippen LogP contribution in [0.25, 0.3) is 0 Å². The predicted molar refractivity (Wildman–Crippen MR) is 73.3 cm³/mol. The van der Waals surface area contributed by atoms with Gasteiger partial charge in [0.2, 0.25) is 5.91 Å². The highest BCUT2D eigenvalue weighted by Gasteiger charge is 2.23. The lowest BCUT2D eigenvalue weighted by atomic mass is 10.2. The van der Waals surface area contributed by atoms with Gasteiger partial charge in [-0.25, -0.2) is 0 Å². The molecule has 1 fully saturated rings. The van der Waals surface area contributed by atoms with Crippen molar-refractivity contribution in [2.45, 2.75) is 13.8 Å². The first-order chi connectivity index (χ1) is 8.11. The second kappa shape index (κ2) is 5.08. The quantitative estimate of drug-likeness (QED) is 0.837. The summed E-state index contributed by atoms with van der Waals surface area (Å²) in [5, 5.41) is 0. The highest BCUT2D eigenvalue weighted by molar-refractivity contribution is 9.10. The number of halogens is 1. The fourth-order valence-electron chi connectivity index (χ4n) is 2.12. The van der Waals surface area contributed by atoms with E-state index >= 15 is 0 Å². The molecule has 1 heterocycles. The second-order valence-corrected chi connectivity index (χ2v) is 5.20. The Morgan fingerprint density at radius 1 is 1.35 bits per heavy atom. The molecule has 1 aliphatic heterocycles. The summed E-state index contributed by atoms with van der Waals surface area (Å²) in [5.41, 5.74) is 2.33. The van der Waals surface area contributed by atoms with Crippen LogP contribution in [-0.2, 0) is 4.79 Å². The molecule has 0 aromatic heterocycles. The van der Waals surface area contributed by atoms with Crippen molar-refractivity contribution in [3.8, 4) is 0 Å². The number of anilines is 1. The van der Waals surface area contributed by atoms with E-state index in [-0.39, 0.29) is 5.91 Å². The maximum absolute atomic E-state index is 11.9. The number of carbonyl (C=O) groups is 1. The summed E-state index contributed by atoms with van der Waals surface area (Å²) < 4.78 is 1.07. The lowest BCUT2D eigenvalue weighted by Crippen LogP contribution is -2.50. The highest BCUT2D eigenvalue weighted by Crippen LogP contribution is 2.28. The van der Waals surface area contributed by atoms with E-state index in [1.807, 2.05) is 11.8 Å². The molecule has 0 atom stereocenters. The van der Waals surface area contributed by atoms with Gasteiger partial charge in [-0.05, 0) is 47.5 Å². The molecule has 0 spiro atoms. The van der Waals surface area contributed by atoms with Crippen LogP contribution in [0.3, 0.4) is 0 Å². The Morgan fingerprint density at radius 3 is 2.71 bits per heavy atom. The number of benzene rings is 1. The van der Waals surface area contributed by atoms with Gasteiger partial charge in [0.05, 0.1) is 12.2 Å². The fourth-order valence-corrected chi connectivity index (χ4v) is 2.86. The third-order valence-corrected chi connectivity index (χ3v) is 3.78. The Kier molecular flexibility index (Phi) is 3.72. The molecule has 0 aliphatic carbocycles. The van der Waals surface area contributed by atoms with E-state index in [1.54, 1.807) is 0 Å². The topological polar surface area (TPSA) is 23.6 Å². The van der Waals surface area contributed by atoms with Crippen molar-refractivity contribution in [3.63, 3.8) is 0 Å². The molecule has 0 unspecified atom stereocenters. The normalized spacial score (nSPS) is 16.5. The Bertz CT molecular complexity index is 433. The van der Waals surface area contributed by atoms with Gasteiger partial charge in [-0.15, -0.1) is 0 Å². The fraction of sp³-hybridized carbons (Fsp3) is 0.462. The maximum Gasteiger partial charge on any atom is 0.242 e. The van der Waals surface area contributed by atoms with Crippen molar-refractivity contribution >= 4 is 27.5 Å². The van der Waals surface area contributed by atoms with Crippen LogP contribution >= 0.6 is 15.9 Å². The van der Waals surface area contributed by atoms with Gasteiger partial charge >= 0.3 is 0 Å². The van der Waals surface area contributed by atoms with E-state index in [2.05, 4.69) is 46.0 Å². The minimum atomic E-state index is 0.214. The number of hydrogen-bond donors (Lipinski definition) is 0. The first-order valence-corrected chi connectivity index (χ1v) is 6.70. The van der Waals surface area contributed by atoms with E-state index in [0.29, 0.717) is 6.54 Å². The zero-order chi connectivity index (χ0) is 12.4. The van der Waals surface area contributed by atoms with Gasteiger partial charge in [-0.2, -0.15) is 0 Å². The van der Waals surface area contributed by atoms with Gasteiger partial charge in [-0.1, -0.05) is 6.07 Å². The van der Waals surface area contributed by atoms with Crippen LogP contribution in [0.5, 0.6) is 0 Å². The molecule has 0 N–H and O–H groups in total. The molecule has 3 nitrogen and oxygen atoms in total. The van der Waals surface area contributed by atoms with Gasteiger partial charge in [0.1, 0.15) is 0 Å². The van der Waals surface area contributed by atoms with E-state index < -0.39 is 0 Å². The average molecular weight is 297 g/mol. The molecular formula is C13H17BrN2O. The molecule has 1 aromatic carbocycles. The Morgan fingerprint density at radius 2 is 2.12 bits per heavy atom. The lowest BCUT2D eigenvalue weighted by Gasteiger charge is -2.35. The monoisotopic (exact) mass is 296 g/mol. The second-order valence-electron chi connectivity index (χ2n) is 4.35. The number of carbonyl (C=O) groups excluding carboxylic acids is 1. The first kappa shape index (κ1) is 12.4. The van der Waals surface area contributed by atoms with E-state index in [1.165, 1.54) is 5.56 Å². The van der Waals surface area contributed by atoms with Crippen LogP contribution < -0.4 is 4.90 Å². The van der Waals surface area contributed by atoms with E-state index in [0.717, 1.165) is 29.8 Å². The number of amides is 1. The number of rotatable bonds is 2. The Labute approximate surface area is 111 Å². The van der Waals surface area contributed by atoms with Crippen molar-refractivity contribution < 1.29 is 4.79 Å². The molecule has 0 radical (unpaired) electrons. The predicted octanol–water partition coefficient (Wildman–Crippen LogP) is 2.43. The van der Waals surface area contributed by atoms with Crippen molar-refractivity contribution in [3.05, 3.63) is 28.2 Å². The van der Waals surface area contributed by atoms with Crippen LogP contribution in [0, 0.1) is 6.92 Å². The summed E-state index contributed by atoms with van der Waals surface area (Å²) in [5.74, 6) is 0.214. The first-order valence-electron chi connectivity index (χ1n) is 5.90. The van der Waals surface area contributed by atoms with E-state index in [4.69, 9.17) is 0 Å². The van der Waals surface area contributed by atoms with Crippen molar-refractivity contribution in [2.75, 3.05) is 31.1 Å². The molecule has 1 aromatic rings. The van der Waals surface area contributed by atoms with Crippen molar-refractivity contribution in [2.24, 2.45) is 0 Å². The van der Waals surface area contributed by atoms with Crippen LogP contribution in [-0.4, -0.2) is 37.0 Å². The Balaban J connectivity index is 2.16. The van der Waals surface area contributed by atoms with Crippen LogP contribution in [0.15, 0.2) is 22.7 Å². The van der Waals surface area contributed by atoms with Crippen LogP contribution in [0.4, 0.5) is 5.69 Å². The molecule has 1 amide bonds. The molecule has 0 saturated carbocycles. The summed E-state index contributed by atoms with van der Waals surface area (Å²) >= 11 is 3.57. The van der Waals surface area contributed by atoms with Crippen molar-refractivity contribution in [1.82, 2.24) is 4.90 Å². The Hall–Kier alpha value is -1.03. The number of aryl methyl sites for hydroxylation is 1. The standard InChI is InChI=1S/C13H17BrN2O/c1-3-15-6-7-16(9-13(15)17)12-5-4-10(2)8-11(12)14/h4-5,8H,3,6-7,9H2,1-2H3. The zero-order valence-corrected chi connectivity index (χ0v) is 11.8. The molecule has 2 rings (SSSR count). The van der Waals surface area contributed by atoms with Gasteiger partial charge in [0.15, 0.2) is 0 Å². The third kappa shape index (κ3) is 2.63. The molecule has 1 saturated heterocycles. The lowest BCUT2D eigenvalue weighted by molar-refractivity contribution is -0.130. The molecule has 4 heteroatoms. The number of nitrogens with zero attached hydrogens (tertiary/aromatic N) is 2. The average Bonchev–Trinajstić information content (AvgIpc) is 2.29. The minimum Gasteiger partial charge on any atom is -0.360 e. The third-order valence-electron chi connectivity index (χ3n) is 3.14. The SMILES string of the molecule is CCN1CCN(c2ccc(C)cc2Br)CC1=O. The summed E-state index contributed by atoms with van der Waals surface area (Å²) in [4.78, 5) is 15.9. The van der Waals surface area contributed by atoms with Gasteiger partial charge in [0, 0.05) is 24.1 Å². The summed E-state index contributed by atoms with van der Waals surface area (Å²) in [7, 11) is 0. The number of piperazine rings is 1. The van der Waals surface area contributed by atoms with Crippen LogP contribution in [0.2, 0.25) is 0 Å². The smallest absolute Gasteiger partial charge is 0.242 e.